The van der Waals surface area contributed by atoms with Gasteiger partial charge in [-0.3, -0.25) is 4.79 Å². The van der Waals surface area contributed by atoms with E-state index in [1.165, 1.54) is 0 Å². The molecule has 0 aromatic carbocycles. The average Bonchev–Trinajstić information content (AvgIpc) is 2.01. The van der Waals surface area contributed by atoms with Crippen molar-refractivity contribution < 1.29 is 9.90 Å². The van der Waals surface area contributed by atoms with E-state index in [-0.39, 0.29) is 11.7 Å². The highest BCUT2D eigenvalue weighted by Crippen LogP contribution is 2.07. The Kier molecular flexibility index (Phi) is 3.19. The first-order chi connectivity index (χ1) is 6.11. The minimum atomic E-state index is -0.920. The lowest BCUT2D eigenvalue weighted by atomic mass is 10.2. The molecule has 0 aliphatic carbocycles. The molecule has 0 bridgehead atoms. The molecule has 0 amide bonds. The average molecular weight is 201 g/mol. The number of carbonyl (C=O) groups is 1. The summed E-state index contributed by atoms with van der Waals surface area (Å²) in [6.07, 6.45) is 0.601. The lowest BCUT2D eigenvalue weighted by Gasteiger charge is -2.00. The van der Waals surface area contributed by atoms with E-state index in [0.717, 1.165) is 12.1 Å². The number of hydrogen-bond acceptors (Lipinski definition) is 3. The Balaban J connectivity index is 2.94. The second-order valence-corrected chi connectivity index (χ2v) is 2.88. The first-order valence-electron chi connectivity index (χ1n) is 3.86. The van der Waals surface area contributed by atoms with Crippen LogP contribution in [-0.4, -0.2) is 21.0 Å². The number of carboxylic acids is 1. The van der Waals surface area contributed by atoms with Crippen LogP contribution in [0.15, 0.2) is 6.07 Å². The topological polar surface area (TPSA) is 63.1 Å². The molecule has 0 saturated carbocycles. The van der Waals surface area contributed by atoms with Gasteiger partial charge in [0.1, 0.15) is 0 Å². The number of rotatable bonds is 3. The number of aryl methyl sites for hydroxylation is 1. The summed E-state index contributed by atoms with van der Waals surface area (Å²) in [6.45, 7) is 1.92. The molecule has 0 aliphatic heterocycles. The molecule has 4 nitrogen and oxygen atoms in total. The molecular formula is C8H9ClN2O2. The maximum atomic E-state index is 10.4. The standard InChI is InChI=1S/C8H9ClN2O2/c1-2-5-3-6(4-7(12)13)11-8(9)10-5/h3H,2,4H2,1H3,(H,12,13). The van der Waals surface area contributed by atoms with E-state index >= 15 is 0 Å². The van der Waals surface area contributed by atoms with Crippen molar-refractivity contribution in [3.63, 3.8) is 0 Å². The first-order valence-corrected chi connectivity index (χ1v) is 4.23. The molecule has 1 aromatic heterocycles. The lowest BCUT2D eigenvalue weighted by molar-refractivity contribution is -0.136. The van der Waals surface area contributed by atoms with Crippen LogP contribution in [0.3, 0.4) is 0 Å². The highest BCUT2D eigenvalue weighted by molar-refractivity contribution is 6.28. The molecule has 1 N–H and O–H groups in total. The van der Waals surface area contributed by atoms with Gasteiger partial charge in [0.15, 0.2) is 0 Å². The number of carboxylic acid groups (broad SMARTS) is 1. The molecular weight excluding hydrogens is 192 g/mol. The van der Waals surface area contributed by atoms with Crippen LogP contribution in [0.4, 0.5) is 0 Å². The van der Waals surface area contributed by atoms with E-state index in [2.05, 4.69) is 9.97 Å². The van der Waals surface area contributed by atoms with Crippen LogP contribution in [0.2, 0.25) is 5.28 Å². The summed E-state index contributed by atoms with van der Waals surface area (Å²) in [5.74, 6) is -0.920. The minimum Gasteiger partial charge on any atom is -0.481 e. The van der Waals surface area contributed by atoms with E-state index < -0.39 is 5.97 Å². The van der Waals surface area contributed by atoms with Crippen molar-refractivity contribution in [2.24, 2.45) is 0 Å². The second kappa shape index (κ2) is 4.18. The van der Waals surface area contributed by atoms with Gasteiger partial charge >= 0.3 is 5.97 Å². The predicted octanol–water partition coefficient (Wildman–Crippen LogP) is 1.32. The number of aliphatic carboxylic acids is 1. The molecule has 13 heavy (non-hydrogen) atoms. The summed E-state index contributed by atoms with van der Waals surface area (Å²) in [5, 5.41) is 8.62. The molecule has 1 heterocycles. The Labute approximate surface area is 80.6 Å². The van der Waals surface area contributed by atoms with Gasteiger partial charge < -0.3 is 5.11 Å². The Bertz CT molecular complexity index is 328. The van der Waals surface area contributed by atoms with Crippen molar-refractivity contribution in [3.8, 4) is 0 Å². The minimum absolute atomic E-state index is 0.107. The number of aromatic nitrogens is 2. The predicted molar refractivity (Wildman–Crippen MR) is 47.8 cm³/mol. The van der Waals surface area contributed by atoms with Gasteiger partial charge in [-0.1, -0.05) is 6.92 Å². The normalized spacial score (nSPS) is 10.0. The van der Waals surface area contributed by atoms with Gasteiger partial charge in [0.25, 0.3) is 0 Å². The fourth-order valence-corrected chi connectivity index (χ4v) is 1.16. The Morgan fingerprint density at radius 3 is 2.69 bits per heavy atom. The Morgan fingerprint density at radius 2 is 2.15 bits per heavy atom. The van der Waals surface area contributed by atoms with Crippen LogP contribution >= 0.6 is 11.6 Å². The summed E-state index contributed by atoms with van der Waals surface area (Å²) in [7, 11) is 0. The number of hydrogen-bond donors (Lipinski definition) is 1. The van der Waals surface area contributed by atoms with Crippen molar-refractivity contribution in [2.75, 3.05) is 0 Å². The SMILES string of the molecule is CCc1cc(CC(=O)O)nc(Cl)n1. The van der Waals surface area contributed by atoms with Crippen molar-refractivity contribution in [2.45, 2.75) is 19.8 Å². The number of nitrogens with zero attached hydrogens (tertiary/aromatic N) is 2. The van der Waals surface area contributed by atoms with E-state index in [1.807, 2.05) is 6.92 Å². The summed E-state index contributed by atoms with van der Waals surface area (Å²) in [6, 6.07) is 1.65. The second-order valence-electron chi connectivity index (χ2n) is 2.54. The van der Waals surface area contributed by atoms with Crippen molar-refractivity contribution >= 4 is 17.6 Å². The third kappa shape index (κ3) is 2.99. The molecule has 0 aliphatic rings. The number of halogens is 1. The van der Waals surface area contributed by atoms with Gasteiger partial charge in [-0.25, -0.2) is 9.97 Å². The lowest BCUT2D eigenvalue weighted by Crippen LogP contribution is -2.04. The van der Waals surface area contributed by atoms with Crippen LogP contribution in [0, 0.1) is 0 Å². The largest absolute Gasteiger partial charge is 0.481 e. The van der Waals surface area contributed by atoms with E-state index in [0.29, 0.717) is 5.69 Å². The van der Waals surface area contributed by atoms with Gasteiger partial charge in [0, 0.05) is 5.69 Å². The zero-order valence-electron chi connectivity index (χ0n) is 7.12. The van der Waals surface area contributed by atoms with Gasteiger partial charge in [-0.2, -0.15) is 0 Å². The van der Waals surface area contributed by atoms with Crippen molar-refractivity contribution in [1.29, 1.82) is 0 Å². The maximum Gasteiger partial charge on any atom is 0.309 e. The molecule has 5 heteroatoms. The van der Waals surface area contributed by atoms with E-state index in [4.69, 9.17) is 16.7 Å². The molecule has 0 fully saturated rings. The van der Waals surface area contributed by atoms with E-state index in [1.54, 1.807) is 6.07 Å². The molecule has 0 radical (unpaired) electrons. The van der Waals surface area contributed by atoms with Gasteiger partial charge in [-0.15, -0.1) is 0 Å². The smallest absolute Gasteiger partial charge is 0.309 e. The molecule has 0 atom stereocenters. The highest BCUT2D eigenvalue weighted by Gasteiger charge is 2.05. The van der Waals surface area contributed by atoms with Gasteiger partial charge in [-0.05, 0) is 24.1 Å². The van der Waals surface area contributed by atoms with Crippen molar-refractivity contribution in [1.82, 2.24) is 9.97 Å². The quantitative estimate of drug-likeness (QED) is 0.748. The fourth-order valence-electron chi connectivity index (χ4n) is 0.945. The third-order valence-electron chi connectivity index (χ3n) is 1.50. The highest BCUT2D eigenvalue weighted by atomic mass is 35.5. The zero-order valence-corrected chi connectivity index (χ0v) is 7.88. The summed E-state index contributed by atoms with van der Waals surface area (Å²) in [5.41, 5.74) is 1.21. The van der Waals surface area contributed by atoms with Gasteiger partial charge in [0.05, 0.1) is 12.1 Å². The molecule has 70 valence electrons. The molecule has 1 aromatic rings. The first kappa shape index (κ1) is 9.92. The fraction of sp³-hybridized carbons (Fsp3) is 0.375. The Morgan fingerprint density at radius 1 is 1.54 bits per heavy atom. The van der Waals surface area contributed by atoms with Crippen LogP contribution in [0.25, 0.3) is 0 Å². The maximum absolute atomic E-state index is 10.4. The van der Waals surface area contributed by atoms with Crippen LogP contribution in [0.1, 0.15) is 18.3 Å². The monoisotopic (exact) mass is 200 g/mol. The Hall–Kier alpha value is -1.16. The molecule has 1 rings (SSSR count). The van der Waals surface area contributed by atoms with Crippen LogP contribution in [-0.2, 0) is 17.6 Å². The third-order valence-corrected chi connectivity index (χ3v) is 1.67. The zero-order chi connectivity index (χ0) is 9.84. The molecule has 0 saturated heterocycles. The summed E-state index contributed by atoms with van der Waals surface area (Å²) in [4.78, 5) is 18.1. The van der Waals surface area contributed by atoms with Crippen LogP contribution in [0.5, 0.6) is 0 Å². The van der Waals surface area contributed by atoms with Crippen LogP contribution < -0.4 is 0 Å². The van der Waals surface area contributed by atoms with Crippen molar-refractivity contribution in [3.05, 3.63) is 22.7 Å². The summed E-state index contributed by atoms with van der Waals surface area (Å²) < 4.78 is 0. The molecule has 0 unspecified atom stereocenters. The summed E-state index contributed by atoms with van der Waals surface area (Å²) >= 11 is 5.60. The van der Waals surface area contributed by atoms with Gasteiger partial charge in [0.2, 0.25) is 5.28 Å². The van der Waals surface area contributed by atoms with E-state index in [9.17, 15) is 4.79 Å². The molecule has 0 spiro atoms.